The lowest BCUT2D eigenvalue weighted by Crippen LogP contribution is -2.21. The SMILES string of the molecule is C=CCn1c(C)c(C)c2cc(CNC(C)C)ccc21. The van der Waals surface area contributed by atoms with E-state index < -0.39 is 0 Å². The fourth-order valence-corrected chi connectivity index (χ4v) is 2.49. The number of hydrogen-bond donors (Lipinski definition) is 1. The van der Waals surface area contributed by atoms with Crippen LogP contribution >= 0.6 is 0 Å². The zero-order chi connectivity index (χ0) is 14.0. The molecule has 2 heteroatoms. The Hall–Kier alpha value is -1.54. The fraction of sp³-hybridized carbons (Fsp3) is 0.412. The maximum absolute atomic E-state index is 3.85. The number of aromatic nitrogens is 1. The van der Waals surface area contributed by atoms with Crippen LogP contribution in [0.1, 0.15) is 30.7 Å². The molecule has 0 saturated carbocycles. The molecule has 0 saturated heterocycles. The first-order chi connectivity index (χ1) is 9.04. The Bertz CT molecular complexity index is 591. The minimum absolute atomic E-state index is 0.517. The Morgan fingerprint density at radius 2 is 2.05 bits per heavy atom. The number of allylic oxidation sites excluding steroid dienone is 1. The first kappa shape index (κ1) is 13.9. The lowest BCUT2D eigenvalue weighted by atomic mass is 10.1. The fourth-order valence-electron chi connectivity index (χ4n) is 2.49. The quantitative estimate of drug-likeness (QED) is 0.802. The van der Waals surface area contributed by atoms with E-state index in [9.17, 15) is 0 Å². The van der Waals surface area contributed by atoms with Gasteiger partial charge in [0, 0.05) is 35.7 Å². The van der Waals surface area contributed by atoms with Gasteiger partial charge in [0.05, 0.1) is 0 Å². The largest absolute Gasteiger partial charge is 0.341 e. The summed E-state index contributed by atoms with van der Waals surface area (Å²) in [6.45, 7) is 14.4. The van der Waals surface area contributed by atoms with Crippen LogP contribution in [0.15, 0.2) is 30.9 Å². The van der Waals surface area contributed by atoms with Crippen LogP contribution in [0.4, 0.5) is 0 Å². The number of fused-ring (bicyclic) bond motifs is 1. The summed E-state index contributed by atoms with van der Waals surface area (Å²) < 4.78 is 2.33. The third kappa shape index (κ3) is 2.74. The average molecular weight is 256 g/mol. The second kappa shape index (κ2) is 5.62. The molecule has 2 rings (SSSR count). The van der Waals surface area contributed by atoms with Gasteiger partial charge >= 0.3 is 0 Å². The molecular weight excluding hydrogens is 232 g/mol. The molecule has 19 heavy (non-hydrogen) atoms. The van der Waals surface area contributed by atoms with Gasteiger partial charge in [-0.05, 0) is 37.1 Å². The van der Waals surface area contributed by atoms with Gasteiger partial charge in [0.1, 0.15) is 0 Å². The molecule has 0 fully saturated rings. The lowest BCUT2D eigenvalue weighted by molar-refractivity contribution is 0.589. The molecule has 102 valence electrons. The van der Waals surface area contributed by atoms with Gasteiger partial charge in [0.25, 0.3) is 0 Å². The molecule has 0 radical (unpaired) electrons. The number of nitrogens with one attached hydrogen (secondary N) is 1. The van der Waals surface area contributed by atoms with E-state index >= 15 is 0 Å². The van der Waals surface area contributed by atoms with E-state index in [0.717, 1.165) is 13.1 Å². The van der Waals surface area contributed by atoms with Crippen molar-refractivity contribution in [2.24, 2.45) is 0 Å². The molecule has 0 bridgehead atoms. The van der Waals surface area contributed by atoms with Crippen molar-refractivity contribution in [2.45, 2.75) is 46.8 Å². The van der Waals surface area contributed by atoms with E-state index in [1.165, 1.54) is 27.7 Å². The van der Waals surface area contributed by atoms with Crippen LogP contribution < -0.4 is 5.32 Å². The summed E-state index contributed by atoms with van der Waals surface area (Å²) in [7, 11) is 0. The third-order valence-electron chi connectivity index (χ3n) is 3.73. The molecule has 1 aromatic carbocycles. The van der Waals surface area contributed by atoms with E-state index in [-0.39, 0.29) is 0 Å². The minimum atomic E-state index is 0.517. The van der Waals surface area contributed by atoms with Crippen LogP contribution in [0, 0.1) is 13.8 Å². The highest BCUT2D eigenvalue weighted by atomic mass is 15.0. The van der Waals surface area contributed by atoms with Gasteiger partial charge < -0.3 is 9.88 Å². The summed E-state index contributed by atoms with van der Waals surface area (Å²) in [4.78, 5) is 0. The number of hydrogen-bond acceptors (Lipinski definition) is 1. The molecule has 1 heterocycles. The molecule has 1 aromatic heterocycles. The van der Waals surface area contributed by atoms with Crippen LogP contribution in [0.25, 0.3) is 10.9 Å². The minimum Gasteiger partial charge on any atom is -0.341 e. The van der Waals surface area contributed by atoms with Crippen LogP contribution in [0.3, 0.4) is 0 Å². The second-order valence-corrected chi connectivity index (χ2v) is 5.50. The molecular formula is C17H24N2. The maximum Gasteiger partial charge on any atom is 0.0488 e. The summed E-state index contributed by atoms with van der Waals surface area (Å²) in [5.41, 5.74) is 5.37. The van der Waals surface area contributed by atoms with Crippen LogP contribution in [-0.4, -0.2) is 10.6 Å². The smallest absolute Gasteiger partial charge is 0.0488 e. The average Bonchev–Trinajstić information content (AvgIpc) is 2.62. The first-order valence-electron chi connectivity index (χ1n) is 6.97. The summed E-state index contributed by atoms with van der Waals surface area (Å²) in [6.07, 6.45) is 1.96. The topological polar surface area (TPSA) is 17.0 Å². The number of aryl methyl sites for hydroxylation is 1. The van der Waals surface area contributed by atoms with Crippen LogP contribution in [0.5, 0.6) is 0 Å². The van der Waals surface area contributed by atoms with E-state index in [4.69, 9.17) is 0 Å². The number of benzene rings is 1. The highest BCUT2D eigenvalue weighted by molar-refractivity contribution is 5.86. The van der Waals surface area contributed by atoms with E-state index in [2.05, 4.69) is 62.4 Å². The van der Waals surface area contributed by atoms with Crippen molar-refractivity contribution in [2.75, 3.05) is 0 Å². The number of rotatable bonds is 5. The maximum atomic E-state index is 3.85. The predicted octanol–water partition coefficient (Wildman–Crippen LogP) is 3.94. The Morgan fingerprint density at radius 1 is 1.32 bits per heavy atom. The highest BCUT2D eigenvalue weighted by Gasteiger charge is 2.10. The molecule has 2 nitrogen and oxygen atoms in total. The zero-order valence-corrected chi connectivity index (χ0v) is 12.5. The highest BCUT2D eigenvalue weighted by Crippen LogP contribution is 2.26. The summed E-state index contributed by atoms with van der Waals surface area (Å²) in [6, 6.07) is 7.28. The van der Waals surface area contributed by atoms with E-state index in [1.807, 2.05) is 6.08 Å². The van der Waals surface area contributed by atoms with Gasteiger partial charge in [-0.3, -0.25) is 0 Å². The van der Waals surface area contributed by atoms with Gasteiger partial charge in [-0.25, -0.2) is 0 Å². The van der Waals surface area contributed by atoms with Crippen molar-refractivity contribution < 1.29 is 0 Å². The summed E-state index contributed by atoms with van der Waals surface area (Å²) in [5.74, 6) is 0. The molecule has 0 atom stereocenters. The summed E-state index contributed by atoms with van der Waals surface area (Å²) >= 11 is 0. The van der Waals surface area contributed by atoms with Crippen molar-refractivity contribution in [1.82, 2.24) is 9.88 Å². The monoisotopic (exact) mass is 256 g/mol. The van der Waals surface area contributed by atoms with E-state index in [0.29, 0.717) is 6.04 Å². The summed E-state index contributed by atoms with van der Waals surface area (Å²) in [5, 5.41) is 4.83. The van der Waals surface area contributed by atoms with Gasteiger partial charge in [-0.15, -0.1) is 6.58 Å². The van der Waals surface area contributed by atoms with Crippen molar-refractivity contribution in [3.63, 3.8) is 0 Å². The molecule has 0 aliphatic heterocycles. The van der Waals surface area contributed by atoms with Gasteiger partial charge in [0.2, 0.25) is 0 Å². The van der Waals surface area contributed by atoms with Crippen molar-refractivity contribution >= 4 is 10.9 Å². The molecule has 2 aromatic rings. The Labute approximate surface area is 116 Å². The number of nitrogens with zero attached hydrogens (tertiary/aromatic N) is 1. The van der Waals surface area contributed by atoms with Crippen LogP contribution in [0.2, 0.25) is 0 Å². The molecule has 0 unspecified atom stereocenters. The van der Waals surface area contributed by atoms with Gasteiger partial charge in [-0.1, -0.05) is 26.0 Å². The van der Waals surface area contributed by atoms with Gasteiger partial charge in [-0.2, -0.15) is 0 Å². The van der Waals surface area contributed by atoms with Crippen molar-refractivity contribution in [3.8, 4) is 0 Å². The predicted molar refractivity (Wildman–Crippen MR) is 83.6 cm³/mol. The first-order valence-corrected chi connectivity index (χ1v) is 6.97. The molecule has 1 N–H and O–H groups in total. The van der Waals surface area contributed by atoms with E-state index in [1.54, 1.807) is 0 Å². The third-order valence-corrected chi connectivity index (χ3v) is 3.73. The Morgan fingerprint density at radius 3 is 2.68 bits per heavy atom. The van der Waals surface area contributed by atoms with Crippen molar-refractivity contribution in [3.05, 3.63) is 47.7 Å². The van der Waals surface area contributed by atoms with Gasteiger partial charge in [0.15, 0.2) is 0 Å². The molecule has 0 aliphatic rings. The lowest BCUT2D eigenvalue weighted by Gasteiger charge is -2.09. The molecule has 0 amide bonds. The molecule has 0 aliphatic carbocycles. The van der Waals surface area contributed by atoms with Crippen LogP contribution in [-0.2, 0) is 13.1 Å². The second-order valence-electron chi connectivity index (χ2n) is 5.50. The normalized spacial score (nSPS) is 11.4. The Kier molecular flexibility index (Phi) is 4.11. The molecule has 0 spiro atoms. The van der Waals surface area contributed by atoms with Crippen molar-refractivity contribution in [1.29, 1.82) is 0 Å². The zero-order valence-electron chi connectivity index (χ0n) is 12.5. The standard InChI is InChI=1S/C17H24N2/c1-6-9-19-14(5)13(4)16-10-15(7-8-17(16)19)11-18-12(2)3/h6-8,10,12,18H,1,9,11H2,2-5H3. The Balaban J connectivity index is 2.43.